The molecule has 0 heterocycles. The molecule has 2 heteroatoms. The molecule has 0 amide bonds. The zero-order chi connectivity index (χ0) is 8.55. The first-order valence-electron chi connectivity index (χ1n) is 3.83. The van der Waals surface area contributed by atoms with Gasteiger partial charge < -0.3 is 0 Å². The van der Waals surface area contributed by atoms with Crippen LogP contribution in [0.1, 0.15) is 22.6 Å². The largest absolute Gasteiger partial charge is 0.198 e. The lowest BCUT2D eigenvalue weighted by Gasteiger charge is -2.24. The normalized spacial score (nSPS) is 18.8. The summed E-state index contributed by atoms with van der Waals surface area (Å²) in [7, 11) is 0. The first-order chi connectivity index (χ1) is 5.85. The molecule has 0 aliphatic heterocycles. The van der Waals surface area contributed by atoms with E-state index in [9.17, 15) is 0 Å². The molecule has 1 aromatic rings. The summed E-state index contributed by atoms with van der Waals surface area (Å²) in [6.07, 6.45) is 0.892. The summed E-state index contributed by atoms with van der Waals surface area (Å²) in [5.74, 6) is 0.124. The number of hydrogen-bond donors (Lipinski definition) is 0. The van der Waals surface area contributed by atoms with Crippen molar-refractivity contribution in [1.29, 1.82) is 5.26 Å². The molecule has 1 atom stereocenters. The highest BCUT2D eigenvalue weighted by molar-refractivity contribution is 7.79. The maximum Gasteiger partial charge on any atom is 0.0755 e. The van der Waals surface area contributed by atoms with Gasteiger partial charge in [0.2, 0.25) is 0 Å². The van der Waals surface area contributed by atoms with Gasteiger partial charge in [-0.3, -0.25) is 0 Å². The van der Waals surface area contributed by atoms with Crippen LogP contribution in [0.3, 0.4) is 0 Å². The molecule has 1 unspecified atom stereocenters. The topological polar surface area (TPSA) is 23.8 Å². The van der Waals surface area contributed by atoms with Gasteiger partial charge in [-0.1, -0.05) is 30.4 Å². The van der Waals surface area contributed by atoms with Crippen LogP contribution in [0.2, 0.25) is 0 Å². The molecule has 2 rings (SSSR count). The Hall–Kier alpha value is -1.20. The predicted octanol–water partition coefficient (Wildman–Crippen LogP) is 2.20. The highest BCUT2D eigenvalue weighted by atomic mass is 32.1. The number of benzene rings is 1. The van der Waals surface area contributed by atoms with E-state index in [4.69, 9.17) is 17.5 Å². The van der Waals surface area contributed by atoms with E-state index >= 15 is 0 Å². The van der Waals surface area contributed by atoms with E-state index in [1.54, 1.807) is 5.37 Å². The molecule has 0 radical (unpaired) electrons. The van der Waals surface area contributed by atoms with Crippen LogP contribution < -0.4 is 0 Å². The van der Waals surface area contributed by atoms with Crippen LogP contribution in [-0.2, 0) is 6.42 Å². The standard InChI is InChI=1S/C10H7NS/c11-5-9-4-8-3-7(6-12)1-2-10(8)9/h1-3,6,9H,4H2. The minimum absolute atomic E-state index is 0.124. The van der Waals surface area contributed by atoms with Crippen molar-refractivity contribution < 1.29 is 0 Å². The molecule has 1 aromatic carbocycles. The molecule has 0 saturated heterocycles. The van der Waals surface area contributed by atoms with Crippen LogP contribution in [0.4, 0.5) is 0 Å². The molecule has 58 valence electrons. The maximum atomic E-state index is 8.68. The van der Waals surface area contributed by atoms with E-state index in [1.807, 2.05) is 12.1 Å². The average Bonchev–Trinajstić information content (AvgIpc) is 2.07. The van der Waals surface area contributed by atoms with E-state index in [2.05, 4.69) is 12.1 Å². The Morgan fingerprint density at radius 1 is 1.58 bits per heavy atom. The van der Waals surface area contributed by atoms with Crippen LogP contribution >= 0.6 is 12.2 Å². The SMILES string of the molecule is N#CC1Cc2cc(C=S)ccc21. The summed E-state index contributed by atoms with van der Waals surface area (Å²) >= 11 is 4.81. The van der Waals surface area contributed by atoms with Gasteiger partial charge in [-0.25, -0.2) is 0 Å². The molecule has 0 N–H and O–H groups in total. The number of thiocarbonyl (C=S) groups is 1. The molecule has 12 heavy (non-hydrogen) atoms. The van der Waals surface area contributed by atoms with E-state index in [1.165, 1.54) is 11.1 Å². The van der Waals surface area contributed by atoms with Gasteiger partial charge in [0.05, 0.1) is 12.0 Å². The molecular formula is C10H7NS. The van der Waals surface area contributed by atoms with Gasteiger partial charge >= 0.3 is 0 Å². The van der Waals surface area contributed by atoms with Crippen molar-refractivity contribution >= 4 is 17.6 Å². The Kier molecular flexibility index (Phi) is 1.67. The van der Waals surface area contributed by atoms with Crippen molar-refractivity contribution in [2.45, 2.75) is 12.3 Å². The fraction of sp³-hybridized carbons (Fsp3) is 0.200. The highest BCUT2D eigenvalue weighted by Gasteiger charge is 2.25. The molecule has 0 spiro atoms. The van der Waals surface area contributed by atoms with Gasteiger partial charge in [0.15, 0.2) is 0 Å². The van der Waals surface area contributed by atoms with Crippen LogP contribution in [0.25, 0.3) is 0 Å². The van der Waals surface area contributed by atoms with Crippen LogP contribution in [0.15, 0.2) is 18.2 Å². The quantitative estimate of drug-likeness (QED) is 0.608. The highest BCUT2D eigenvalue weighted by Crippen LogP contribution is 2.34. The third kappa shape index (κ3) is 0.945. The fourth-order valence-corrected chi connectivity index (χ4v) is 1.68. The first kappa shape index (κ1) is 7.45. The van der Waals surface area contributed by atoms with Crippen LogP contribution in [0, 0.1) is 11.3 Å². The molecule has 0 bridgehead atoms. The molecule has 0 aromatic heterocycles. The van der Waals surface area contributed by atoms with Crippen LogP contribution in [-0.4, -0.2) is 5.37 Å². The lowest BCUT2D eigenvalue weighted by Crippen LogP contribution is -2.15. The minimum atomic E-state index is 0.124. The predicted molar refractivity (Wildman–Crippen MR) is 51.3 cm³/mol. The number of fused-ring (bicyclic) bond motifs is 1. The Labute approximate surface area is 76.6 Å². The molecular weight excluding hydrogens is 166 g/mol. The second-order valence-corrected chi connectivity index (χ2v) is 3.20. The molecule has 0 fully saturated rings. The maximum absolute atomic E-state index is 8.68. The van der Waals surface area contributed by atoms with Crippen molar-refractivity contribution in [2.75, 3.05) is 0 Å². The molecule has 1 aliphatic rings. The molecule has 1 nitrogen and oxygen atoms in total. The number of hydrogen-bond acceptors (Lipinski definition) is 2. The lowest BCUT2D eigenvalue weighted by atomic mass is 9.78. The van der Waals surface area contributed by atoms with E-state index in [0.29, 0.717) is 0 Å². The van der Waals surface area contributed by atoms with Crippen molar-refractivity contribution in [1.82, 2.24) is 0 Å². The van der Waals surface area contributed by atoms with Gasteiger partial charge in [-0.05, 0) is 23.1 Å². The minimum Gasteiger partial charge on any atom is -0.198 e. The lowest BCUT2D eigenvalue weighted by molar-refractivity contribution is 0.744. The Morgan fingerprint density at radius 3 is 3.00 bits per heavy atom. The van der Waals surface area contributed by atoms with E-state index in [0.717, 1.165) is 12.0 Å². The Morgan fingerprint density at radius 2 is 2.42 bits per heavy atom. The summed E-state index contributed by atoms with van der Waals surface area (Å²) in [5, 5.41) is 10.3. The average molecular weight is 173 g/mol. The summed E-state index contributed by atoms with van der Waals surface area (Å²) in [6.45, 7) is 0. The van der Waals surface area contributed by atoms with Crippen molar-refractivity contribution in [3.63, 3.8) is 0 Å². The van der Waals surface area contributed by atoms with Crippen LogP contribution in [0.5, 0.6) is 0 Å². The summed E-state index contributed by atoms with van der Waals surface area (Å²) in [5.41, 5.74) is 3.53. The Bertz CT molecular complexity index is 376. The number of nitrogens with zero attached hydrogens (tertiary/aromatic N) is 1. The molecule has 0 saturated carbocycles. The monoisotopic (exact) mass is 173 g/mol. The summed E-state index contributed by atoms with van der Waals surface area (Å²) in [4.78, 5) is 0. The number of rotatable bonds is 1. The van der Waals surface area contributed by atoms with Gasteiger partial charge in [0.25, 0.3) is 0 Å². The van der Waals surface area contributed by atoms with Gasteiger partial charge in [-0.15, -0.1) is 0 Å². The molecule has 1 aliphatic carbocycles. The zero-order valence-electron chi connectivity index (χ0n) is 6.45. The van der Waals surface area contributed by atoms with Gasteiger partial charge in [-0.2, -0.15) is 5.26 Å². The second-order valence-electron chi connectivity index (χ2n) is 2.96. The fourth-order valence-electron chi connectivity index (χ4n) is 1.53. The van der Waals surface area contributed by atoms with Crippen molar-refractivity contribution in [2.24, 2.45) is 0 Å². The van der Waals surface area contributed by atoms with Gasteiger partial charge in [0, 0.05) is 5.37 Å². The smallest absolute Gasteiger partial charge is 0.0755 e. The third-order valence-corrected chi connectivity index (χ3v) is 2.53. The summed E-state index contributed by atoms with van der Waals surface area (Å²) < 4.78 is 0. The number of nitriles is 1. The van der Waals surface area contributed by atoms with E-state index in [-0.39, 0.29) is 5.92 Å². The zero-order valence-corrected chi connectivity index (χ0v) is 7.27. The summed E-state index contributed by atoms with van der Waals surface area (Å²) in [6, 6.07) is 8.30. The van der Waals surface area contributed by atoms with Crippen molar-refractivity contribution in [3.05, 3.63) is 34.9 Å². The third-order valence-electron chi connectivity index (χ3n) is 2.26. The second kappa shape index (κ2) is 2.69. The van der Waals surface area contributed by atoms with Gasteiger partial charge in [0.1, 0.15) is 0 Å². The van der Waals surface area contributed by atoms with Crippen molar-refractivity contribution in [3.8, 4) is 6.07 Å². The first-order valence-corrected chi connectivity index (χ1v) is 4.30. The Balaban J connectivity index is 2.42. The van der Waals surface area contributed by atoms with E-state index < -0.39 is 0 Å².